The van der Waals surface area contributed by atoms with Gasteiger partial charge in [0.05, 0.1) is 11.6 Å². The highest BCUT2D eigenvalue weighted by molar-refractivity contribution is 14.0. The quantitative estimate of drug-likeness (QED) is 0.445. The number of rotatable bonds is 4. The third-order valence-electron chi connectivity index (χ3n) is 2.88. The van der Waals surface area contributed by atoms with Crippen molar-refractivity contribution in [2.24, 2.45) is 4.99 Å². The topological polar surface area (TPSA) is 60.2 Å². The Morgan fingerprint density at radius 3 is 2.73 bits per heavy atom. The number of hydrogen-bond donors (Lipinski definition) is 2. The third kappa shape index (κ3) is 5.27. The van der Waals surface area contributed by atoms with E-state index in [1.807, 2.05) is 17.5 Å². The van der Waals surface area contributed by atoms with Gasteiger partial charge in [-0.2, -0.15) is 16.6 Å². The van der Waals surface area contributed by atoms with E-state index in [2.05, 4.69) is 21.0 Å². The zero-order valence-corrected chi connectivity index (χ0v) is 15.1. The first kappa shape index (κ1) is 18.4. The molecule has 116 valence electrons. The summed E-state index contributed by atoms with van der Waals surface area (Å²) in [7, 11) is 1.66. The number of nitriles is 1. The van der Waals surface area contributed by atoms with Gasteiger partial charge in [-0.1, -0.05) is 0 Å². The molecule has 0 saturated carbocycles. The predicted molar refractivity (Wildman–Crippen MR) is 97.9 cm³/mol. The van der Waals surface area contributed by atoms with Gasteiger partial charge in [-0.05, 0) is 40.6 Å². The third-order valence-corrected chi connectivity index (χ3v) is 3.62. The van der Waals surface area contributed by atoms with E-state index in [1.54, 1.807) is 18.4 Å². The smallest absolute Gasteiger partial charge is 0.191 e. The molecule has 7 heteroatoms. The molecule has 0 aliphatic rings. The van der Waals surface area contributed by atoms with Gasteiger partial charge in [-0.15, -0.1) is 24.0 Å². The van der Waals surface area contributed by atoms with Crippen LogP contribution in [0.4, 0.5) is 4.39 Å². The Morgan fingerprint density at radius 1 is 1.32 bits per heavy atom. The standard InChI is InChI=1S/C15H15FN4S.HI/c1-18-15(19-8-12-4-5-21-10-12)20-9-13-6-11(7-17)2-3-14(13)16;/h2-6,10H,8-9H2,1H3,(H2,18,19,20);1H. The van der Waals surface area contributed by atoms with E-state index < -0.39 is 0 Å². The van der Waals surface area contributed by atoms with Crippen LogP contribution in [0.1, 0.15) is 16.7 Å². The van der Waals surface area contributed by atoms with E-state index in [1.165, 1.54) is 23.8 Å². The van der Waals surface area contributed by atoms with Crippen molar-refractivity contribution < 1.29 is 4.39 Å². The fourth-order valence-electron chi connectivity index (χ4n) is 1.76. The average Bonchev–Trinajstić information content (AvgIpc) is 3.02. The maximum Gasteiger partial charge on any atom is 0.191 e. The first-order valence-corrected chi connectivity index (χ1v) is 7.31. The van der Waals surface area contributed by atoms with Crippen molar-refractivity contribution in [3.8, 4) is 6.07 Å². The van der Waals surface area contributed by atoms with Crippen LogP contribution in [-0.4, -0.2) is 13.0 Å². The van der Waals surface area contributed by atoms with Gasteiger partial charge < -0.3 is 10.6 Å². The lowest BCUT2D eigenvalue weighted by Gasteiger charge is -2.12. The van der Waals surface area contributed by atoms with Crippen molar-refractivity contribution in [2.75, 3.05) is 7.05 Å². The molecule has 0 radical (unpaired) electrons. The molecule has 22 heavy (non-hydrogen) atoms. The molecule has 1 heterocycles. The van der Waals surface area contributed by atoms with Gasteiger partial charge in [-0.25, -0.2) is 4.39 Å². The van der Waals surface area contributed by atoms with Crippen molar-refractivity contribution in [1.29, 1.82) is 5.26 Å². The first-order chi connectivity index (χ1) is 10.2. The molecular formula is C15H16FIN4S. The normalized spacial score (nSPS) is 10.5. The Kier molecular flexibility index (Phi) is 7.84. The summed E-state index contributed by atoms with van der Waals surface area (Å²) in [5.74, 6) is 0.248. The molecule has 0 saturated heterocycles. The number of nitrogens with one attached hydrogen (secondary N) is 2. The molecular weight excluding hydrogens is 414 g/mol. The number of guanidine groups is 1. The summed E-state index contributed by atoms with van der Waals surface area (Å²) >= 11 is 1.63. The Bertz CT molecular complexity index is 665. The molecule has 0 unspecified atom stereocenters. The van der Waals surface area contributed by atoms with Crippen LogP contribution in [0.25, 0.3) is 0 Å². The summed E-state index contributed by atoms with van der Waals surface area (Å²) in [4.78, 5) is 4.09. The van der Waals surface area contributed by atoms with Crippen molar-refractivity contribution in [3.05, 3.63) is 57.5 Å². The fraction of sp³-hybridized carbons (Fsp3) is 0.200. The number of nitrogens with zero attached hydrogens (tertiary/aromatic N) is 2. The monoisotopic (exact) mass is 430 g/mol. The number of halogens is 2. The van der Waals surface area contributed by atoms with Crippen molar-refractivity contribution >= 4 is 41.3 Å². The van der Waals surface area contributed by atoms with Crippen LogP contribution < -0.4 is 10.6 Å². The summed E-state index contributed by atoms with van der Waals surface area (Å²) in [6, 6.07) is 8.33. The molecule has 0 spiro atoms. The van der Waals surface area contributed by atoms with E-state index in [0.29, 0.717) is 23.6 Å². The minimum Gasteiger partial charge on any atom is -0.352 e. The van der Waals surface area contributed by atoms with E-state index in [0.717, 1.165) is 0 Å². The second kappa shape index (κ2) is 9.38. The molecule has 0 amide bonds. The summed E-state index contributed by atoms with van der Waals surface area (Å²) in [6.07, 6.45) is 0. The van der Waals surface area contributed by atoms with Gasteiger partial charge in [0.1, 0.15) is 5.82 Å². The second-order valence-corrected chi connectivity index (χ2v) is 5.11. The van der Waals surface area contributed by atoms with Crippen molar-refractivity contribution in [2.45, 2.75) is 13.1 Å². The first-order valence-electron chi connectivity index (χ1n) is 6.37. The number of benzene rings is 1. The van der Waals surface area contributed by atoms with Gasteiger partial charge in [-0.3, -0.25) is 4.99 Å². The van der Waals surface area contributed by atoms with Crippen molar-refractivity contribution in [3.63, 3.8) is 0 Å². The van der Waals surface area contributed by atoms with Crippen LogP contribution >= 0.6 is 35.3 Å². The largest absolute Gasteiger partial charge is 0.352 e. The lowest BCUT2D eigenvalue weighted by atomic mass is 10.1. The number of thiophene rings is 1. The Hall–Kier alpha value is -1.66. The molecule has 4 nitrogen and oxygen atoms in total. The molecule has 2 N–H and O–H groups in total. The lowest BCUT2D eigenvalue weighted by molar-refractivity contribution is 0.604. The van der Waals surface area contributed by atoms with Gasteiger partial charge in [0.2, 0.25) is 0 Å². The van der Waals surface area contributed by atoms with Crippen LogP contribution in [0.5, 0.6) is 0 Å². The molecule has 2 rings (SSSR count). The van der Waals surface area contributed by atoms with Crippen LogP contribution in [0.15, 0.2) is 40.0 Å². The van der Waals surface area contributed by atoms with E-state index in [4.69, 9.17) is 5.26 Å². The average molecular weight is 430 g/mol. The molecule has 0 atom stereocenters. The predicted octanol–water partition coefficient (Wildman–Crippen LogP) is 3.24. The molecule has 0 fully saturated rings. The van der Waals surface area contributed by atoms with E-state index in [9.17, 15) is 4.39 Å². The highest BCUT2D eigenvalue weighted by Gasteiger charge is 2.05. The summed E-state index contributed by atoms with van der Waals surface area (Å²) in [5, 5.41) is 19.1. The molecule has 1 aromatic carbocycles. The fourth-order valence-corrected chi connectivity index (χ4v) is 2.43. The molecule has 0 bridgehead atoms. The maximum atomic E-state index is 13.7. The summed E-state index contributed by atoms with van der Waals surface area (Å²) in [5.41, 5.74) is 2.04. The molecule has 1 aromatic heterocycles. The lowest BCUT2D eigenvalue weighted by Crippen LogP contribution is -2.36. The highest BCUT2D eigenvalue weighted by atomic mass is 127. The molecule has 0 aliphatic carbocycles. The van der Waals surface area contributed by atoms with Crippen LogP contribution in [0, 0.1) is 17.1 Å². The van der Waals surface area contributed by atoms with Crippen molar-refractivity contribution in [1.82, 2.24) is 10.6 Å². The van der Waals surface area contributed by atoms with Crippen LogP contribution in [0.3, 0.4) is 0 Å². The zero-order valence-electron chi connectivity index (χ0n) is 12.0. The van der Waals surface area contributed by atoms with Gasteiger partial charge in [0.25, 0.3) is 0 Å². The zero-order chi connectivity index (χ0) is 15.1. The second-order valence-electron chi connectivity index (χ2n) is 4.33. The summed E-state index contributed by atoms with van der Waals surface area (Å²) < 4.78 is 13.7. The maximum absolute atomic E-state index is 13.7. The number of hydrogen-bond acceptors (Lipinski definition) is 3. The molecule has 2 aromatic rings. The highest BCUT2D eigenvalue weighted by Crippen LogP contribution is 2.10. The summed E-state index contributed by atoms with van der Waals surface area (Å²) in [6.45, 7) is 0.925. The van der Waals surface area contributed by atoms with Gasteiger partial charge in [0.15, 0.2) is 5.96 Å². The minimum atomic E-state index is -0.338. The molecule has 0 aliphatic heterocycles. The van der Waals surface area contributed by atoms with E-state index >= 15 is 0 Å². The van der Waals surface area contributed by atoms with Gasteiger partial charge in [0, 0.05) is 25.7 Å². The minimum absolute atomic E-state index is 0. The van der Waals surface area contributed by atoms with E-state index in [-0.39, 0.29) is 36.3 Å². The number of aliphatic imine (C=N–C) groups is 1. The van der Waals surface area contributed by atoms with Gasteiger partial charge >= 0.3 is 0 Å². The Morgan fingerprint density at radius 2 is 2.09 bits per heavy atom. The Balaban J connectivity index is 0.00000242. The SMILES string of the molecule is CN=C(NCc1ccsc1)NCc1cc(C#N)ccc1F.I. The van der Waals surface area contributed by atoms with Crippen LogP contribution in [0.2, 0.25) is 0 Å². The Labute approximate surface area is 150 Å². The van der Waals surface area contributed by atoms with Crippen LogP contribution in [-0.2, 0) is 13.1 Å².